The second kappa shape index (κ2) is 13.2. The molecule has 2 aliphatic rings. The number of aliphatic imine (C=N–C) groups is 2. The molecule has 2 heterocycles. The van der Waals surface area contributed by atoms with Gasteiger partial charge < -0.3 is 20.4 Å². The number of rotatable bonds is 12. The Kier molecular flexibility index (Phi) is 9.25. The summed E-state index contributed by atoms with van der Waals surface area (Å²) >= 11 is 0. The molecule has 0 aliphatic carbocycles. The SMILES string of the molecule is CN(C)CCCNC(=O)c1ccc2c(c1)CC(c1ccc(C3=Nc4ccc(C(=O)NCCCN(C)C)cc4C3)cc1)=N2. The highest BCUT2D eigenvalue weighted by Gasteiger charge is 2.21. The van der Waals surface area contributed by atoms with Gasteiger partial charge in [0.05, 0.1) is 22.8 Å². The normalized spacial score (nSPS) is 13.6. The summed E-state index contributed by atoms with van der Waals surface area (Å²) in [5.74, 6) is -0.0825. The molecule has 2 amide bonds. The highest BCUT2D eigenvalue weighted by Crippen LogP contribution is 2.32. The number of hydrogen-bond acceptors (Lipinski definition) is 6. The van der Waals surface area contributed by atoms with Crippen LogP contribution in [0.2, 0.25) is 0 Å². The van der Waals surface area contributed by atoms with Crippen LogP contribution in [0.5, 0.6) is 0 Å². The van der Waals surface area contributed by atoms with Crippen molar-refractivity contribution in [1.29, 1.82) is 0 Å². The molecule has 0 aromatic heterocycles. The van der Waals surface area contributed by atoms with Crippen molar-refractivity contribution < 1.29 is 9.59 Å². The zero-order valence-electron chi connectivity index (χ0n) is 25.0. The molecule has 0 saturated heterocycles. The van der Waals surface area contributed by atoms with Crippen molar-refractivity contribution in [2.45, 2.75) is 25.7 Å². The van der Waals surface area contributed by atoms with E-state index in [1.165, 1.54) is 0 Å². The van der Waals surface area contributed by atoms with Crippen molar-refractivity contribution in [3.8, 4) is 0 Å². The third-order valence-corrected chi connectivity index (χ3v) is 7.60. The Bertz CT molecular complexity index is 1410. The molecule has 0 saturated carbocycles. The Hall–Kier alpha value is -4.14. The van der Waals surface area contributed by atoms with Gasteiger partial charge in [0.15, 0.2) is 0 Å². The molecule has 3 aromatic carbocycles. The minimum Gasteiger partial charge on any atom is -0.352 e. The van der Waals surface area contributed by atoms with E-state index in [1.54, 1.807) is 0 Å². The first-order valence-corrected chi connectivity index (χ1v) is 14.6. The highest BCUT2D eigenvalue weighted by atomic mass is 16.2. The van der Waals surface area contributed by atoms with Crippen LogP contribution in [-0.2, 0) is 12.8 Å². The highest BCUT2D eigenvalue weighted by molar-refractivity contribution is 6.10. The average molecular weight is 565 g/mol. The molecule has 0 spiro atoms. The molecule has 5 rings (SSSR count). The summed E-state index contributed by atoms with van der Waals surface area (Å²) in [6.45, 7) is 3.20. The number of carbonyl (C=O) groups is 2. The Morgan fingerprint density at radius 2 is 1.05 bits per heavy atom. The molecule has 42 heavy (non-hydrogen) atoms. The maximum absolute atomic E-state index is 12.6. The number of hydrogen-bond donors (Lipinski definition) is 2. The monoisotopic (exact) mass is 564 g/mol. The van der Waals surface area contributed by atoms with E-state index in [2.05, 4.69) is 44.7 Å². The maximum atomic E-state index is 12.6. The van der Waals surface area contributed by atoms with Crippen molar-refractivity contribution in [2.75, 3.05) is 54.4 Å². The van der Waals surface area contributed by atoms with Gasteiger partial charge in [-0.2, -0.15) is 0 Å². The number of amides is 2. The standard InChI is InChI=1S/C34H40N6O2/c1-39(2)17-5-15-35-33(41)25-11-13-29-27(19-25)21-31(37-29)23-7-9-24(10-8-23)32-22-28-20-26(12-14-30(28)38-32)34(42)36-16-6-18-40(3)4/h7-14,19-20H,5-6,15-18,21-22H2,1-4H3,(H,35,41)(H,36,42). The molecule has 0 atom stereocenters. The first-order valence-electron chi connectivity index (χ1n) is 14.6. The smallest absolute Gasteiger partial charge is 0.251 e. The molecular formula is C34H40N6O2. The van der Waals surface area contributed by atoms with Gasteiger partial charge in [-0.05, 0) is 113 Å². The van der Waals surface area contributed by atoms with E-state index in [-0.39, 0.29) is 11.8 Å². The first-order chi connectivity index (χ1) is 20.3. The van der Waals surface area contributed by atoms with Gasteiger partial charge in [0.25, 0.3) is 11.8 Å². The van der Waals surface area contributed by atoms with E-state index < -0.39 is 0 Å². The minimum absolute atomic E-state index is 0.0413. The van der Waals surface area contributed by atoms with Crippen molar-refractivity contribution in [1.82, 2.24) is 20.4 Å². The van der Waals surface area contributed by atoms with Gasteiger partial charge >= 0.3 is 0 Å². The van der Waals surface area contributed by atoms with Crippen LogP contribution >= 0.6 is 0 Å². The second-order valence-electron chi connectivity index (χ2n) is 11.6. The predicted octanol–water partition coefficient (Wildman–Crippen LogP) is 4.40. The topological polar surface area (TPSA) is 89.4 Å². The van der Waals surface area contributed by atoms with Gasteiger partial charge in [-0.15, -0.1) is 0 Å². The Balaban J connectivity index is 1.17. The van der Waals surface area contributed by atoms with Crippen molar-refractivity contribution in [3.63, 3.8) is 0 Å². The van der Waals surface area contributed by atoms with E-state index in [0.29, 0.717) is 37.1 Å². The average Bonchev–Trinajstić information content (AvgIpc) is 3.61. The van der Waals surface area contributed by atoms with Gasteiger partial charge in [0.2, 0.25) is 0 Å². The van der Waals surface area contributed by atoms with Crippen molar-refractivity contribution in [3.05, 3.63) is 94.0 Å². The molecule has 8 nitrogen and oxygen atoms in total. The van der Waals surface area contributed by atoms with Crippen LogP contribution < -0.4 is 10.6 Å². The Labute approximate surface area is 248 Å². The lowest BCUT2D eigenvalue weighted by Gasteiger charge is -2.10. The van der Waals surface area contributed by atoms with Crippen LogP contribution in [0.15, 0.2) is 70.6 Å². The summed E-state index contributed by atoms with van der Waals surface area (Å²) in [4.78, 5) is 39.1. The fourth-order valence-corrected chi connectivity index (χ4v) is 5.27. The van der Waals surface area contributed by atoms with E-state index in [9.17, 15) is 9.59 Å². The molecule has 2 N–H and O–H groups in total. The van der Waals surface area contributed by atoms with Gasteiger partial charge in [0.1, 0.15) is 0 Å². The number of nitrogens with zero attached hydrogens (tertiary/aromatic N) is 4. The summed E-state index contributed by atoms with van der Waals surface area (Å²) in [7, 11) is 8.12. The quantitative estimate of drug-likeness (QED) is 0.319. The summed E-state index contributed by atoms with van der Waals surface area (Å²) < 4.78 is 0. The number of nitrogens with one attached hydrogen (secondary N) is 2. The molecule has 0 fully saturated rings. The van der Waals surface area contributed by atoms with E-state index in [1.807, 2.05) is 64.6 Å². The molecular weight excluding hydrogens is 524 g/mol. The van der Waals surface area contributed by atoms with Gasteiger partial charge in [-0.1, -0.05) is 24.3 Å². The summed E-state index contributed by atoms with van der Waals surface area (Å²) in [5, 5.41) is 6.03. The zero-order valence-corrected chi connectivity index (χ0v) is 25.0. The molecule has 0 radical (unpaired) electrons. The van der Waals surface area contributed by atoms with Crippen LogP contribution in [0.25, 0.3) is 0 Å². The molecule has 2 aliphatic heterocycles. The molecule has 218 valence electrons. The van der Waals surface area contributed by atoms with Crippen LogP contribution in [0.3, 0.4) is 0 Å². The van der Waals surface area contributed by atoms with Crippen LogP contribution in [0, 0.1) is 0 Å². The minimum atomic E-state index is -0.0413. The third kappa shape index (κ3) is 7.19. The Morgan fingerprint density at radius 3 is 1.43 bits per heavy atom. The lowest BCUT2D eigenvalue weighted by molar-refractivity contribution is 0.0944. The molecule has 0 bridgehead atoms. The predicted molar refractivity (Wildman–Crippen MR) is 170 cm³/mol. The molecule has 8 heteroatoms. The number of fused-ring (bicyclic) bond motifs is 2. The largest absolute Gasteiger partial charge is 0.352 e. The van der Waals surface area contributed by atoms with Gasteiger partial charge in [-0.25, -0.2) is 0 Å². The second-order valence-corrected chi connectivity index (χ2v) is 11.6. The fourth-order valence-electron chi connectivity index (χ4n) is 5.27. The van der Waals surface area contributed by atoms with Crippen molar-refractivity contribution >= 4 is 34.6 Å². The number of benzene rings is 3. The Morgan fingerprint density at radius 1 is 0.643 bits per heavy atom. The van der Waals surface area contributed by atoms with E-state index in [4.69, 9.17) is 9.98 Å². The summed E-state index contributed by atoms with van der Waals surface area (Å²) in [5.41, 5.74) is 9.46. The van der Waals surface area contributed by atoms with Crippen LogP contribution in [-0.4, -0.2) is 87.4 Å². The van der Waals surface area contributed by atoms with Gasteiger partial charge in [0, 0.05) is 37.1 Å². The summed E-state index contributed by atoms with van der Waals surface area (Å²) in [6.07, 6.45) is 3.23. The van der Waals surface area contributed by atoms with Gasteiger partial charge in [-0.3, -0.25) is 19.6 Å². The zero-order chi connectivity index (χ0) is 29.6. The van der Waals surface area contributed by atoms with Crippen molar-refractivity contribution in [2.24, 2.45) is 9.98 Å². The van der Waals surface area contributed by atoms with E-state index in [0.717, 1.165) is 71.0 Å². The lowest BCUT2D eigenvalue weighted by Crippen LogP contribution is -2.27. The fraction of sp³-hybridized carbons (Fsp3) is 0.353. The maximum Gasteiger partial charge on any atom is 0.251 e. The lowest BCUT2D eigenvalue weighted by atomic mass is 9.98. The van der Waals surface area contributed by atoms with Crippen LogP contribution in [0.4, 0.5) is 11.4 Å². The molecule has 0 unspecified atom stereocenters. The molecule has 3 aromatic rings. The first kappa shape index (κ1) is 29.4. The number of carbonyl (C=O) groups excluding carboxylic acids is 2. The third-order valence-electron chi connectivity index (χ3n) is 7.60. The summed E-state index contributed by atoms with van der Waals surface area (Å²) in [6, 6.07) is 19.9. The van der Waals surface area contributed by atoms with E-state index >= 15 is 0 Å². The van der Waals surface area contributed by atoms with Crippen LogP contribution in [0.1, 0.15) is 55.8 Å².